The minimum atomic E-state index is -0.494. The Morgan fingerprint density at radius 3 is 2.95 bits per heavy atom. The van der Waals surface area contributed by atoms with Gasteiger partial charge in [0.05, 0.1) is 18.2 Å². The number of nitrogens with one attached hydrogen (secondary N) is 1. The molecule has 2 N–H and O–H groups in total. The number of aromatic hydroxyl groups is 1. The highest BCUT2D eigenvalue weighted by Crippen LogP contribution is 2.31. The smallest absolute Gasteiger partial charge is 0.343 e. The van der Waals surface area contributed by atoms with E-state index in [1.807, 2.05) is 6.07 Å². The molecule has 0 spiro atoms. The van der Waals surface area contributed by atoms with E-state index in [1.54, 1.807) is 24.4 Å². The zero-order valence-electron chi connectivity index (χ0n) is 11.7. The van der Waals surface area contributed by atoms with Gasteiger partial charge in [-0.2, -0.15) is 0 Å². The first kappa shape index (κ1) is 13.9. The normalized spacial score (nSPS) is 10.6. The predicted molar refractivity (Wildman–Crippen MR) is 78.5 cm³/mol. The fourth-order valence-electron chi connectivity index (χ4n) is 1.98. The summed E-state index contributed by atoms with van der Waals surface area (Å²) in [4.78, 5) is 22.6. The van der Waals surface area contributed by atoms with Crippen LogP contribution in [0.5, 0.6) is 11.5 Å². The lowest BCUT2D eigenvalue weighted by atomic mass is 10.2. The maximum absolute atomic E-state index is 11.0. The van der Waals surface area contributed by atoms with Crippen LogP contribution < -0.4 is 4.74 Å². The third kappa shape index (κ3) is 2.69. The van der Waals surface area contributed by atoms with Crippen LogP contribution in [-0.2, 0) is 9.53 Å². The van der Waals surface area contributed by atoms with Crippen LogP contribution in [0.2, 0.25) is 0 Å². The molecule has 1 aromatic carbocycles. The number of esters is 1. The molecule has 0 aliphatic rings. The minimum Gasteiger partial charge on any atom is -0.507 e. The number of ether oxygens (including phenoxy) is 2. The van der Waals surface area contributed by atoms with Gasteiger partial charge in [-0.15, -0.1) is 0 Å². The maximum atomic E-state index is 11.0. The summed E-state index contributed by atoms with van der Waals surface area (Å²) in [6, 6.07) is 8.36. The Labute approximate surface area is 125 Å². The Bertz CT molecular complexity index is 796. The van der Waals surface area contributed by atoms with Crippen LogP contribution >= 0.6 is 0 Å². The van der Waals surface area contributed by atoms with Gasteiger partial charge in [0, 0.05) is 12.3 Å². The van der Waals surface area contributed by atoms with Gasteiger partial charge >= 0.3 is 5.97 Å². The largest absolute Gasteiger partial charge is 0.507 e. The first-order valence-corrected chi connectivity index (χ1v) is 6.51. The minimum absolute atomic E-state index is 0.0126. The first-order chi connectivity index (χ1) is 10.7. The molecule has 7 heteroatoms. The fourth-order valence-corrected chi connectivity index (χ4v) is 1.98. The molecule has 0 bridgehead atoms. The summed E-state index contributed by atoms with van der Waals surface area (Å²) in [5.41, 5.74) is 1.87. The first-order valence-electron chi connectivity index (χ1n) is 6.51. The summed E-state index contributed by atoms with van der Waals surface area (Å²) in [7, 11) is 1.28. The second-order valence-corrected chi connectivity index (χ2v) is 4.50. The summed E-state index contributed by atoms with van der Waals surface area (Å²) >= 11 is 0. The number of pyridine rings is 1. The second-order valence-electron chi connectivity index (χ2n) is 4.50. The Balaban J connectivity index is 1.87. The summed E-state index contributed by atoms with van der Waals surface area (Å²) in [5, 5.41) is 10.1. The number of carbonyl (C=O) groups excluding carboxylic acids is 1. The number of nitrogens with zero attached hydrogens (tertiary/aromatic N) is 2. The SMILES string of the molecule is COC(=O)COc1ccc(-c2nc3ncccc3[nH]2)c(O)c1. The van der Waals surface area contributed by atoms with Gasteiger partial charge in [0.15, 0.2) is 12.3 Å². The van der Waals surface area contributed by atoms with Gasteiger partial charge in [0.2, 0.25) is 0 Å². The van der Waals surface area contributed by atoms with Gasteiger partial charge in [-0.05, 0) is 24.3 Å². The zero-order chi connectivity index (χ0) is 15.5. The Hall–Kier alpha value is -3.09. The standard InChI is InChI=1S/C15H13N3O4/c1-21-13(20)8-22-9-4-5-10(12(19)7-9)14-17-11-3-2-6-16-15(11)18-14/h2-7,19H,8H2,1H3,(H,16,17,18). The maximum Gasteiger partial charge on any atom is 0.343 e. The Morgan fingerprint density at radius 2 is 2.23 bits per heavy atom. The molecular formula is C15H13N3O4. The van der Waals surface area contributed by atoms with E-state index >= 15 is 0 Å². The molecule has 2 aromatic heterocycles. The molecule has 0 unspecified atom stereocenters. The molecule has 7 nitrogen and oxygen atoms in total. The number of carbonyl (C=O) groups is 1. The molecule has 0 radical (unpaired) electrons. The van der Waals surface area contributed by atoms with Crippen molar-refractivity contribution < 1.29 is 19.4 Å². The molecule has 22 heavy (non-hydrogen) atoms. The number of aromatic amines is 1. The van der Waals surface area contributed by atoms with E-state index < -0.39 is 5.97 Å². The number of imidazole rings is 1. The van der Waals surface area contributed by atoms with Crippen LogP contribution in [0.3, 0.4) is 0 Å². The third-order valence-electron chi connectivity index (χ3n) is 3.07. The lowest BCUT2D eigenvalue weighted by Crippen LogP contribution is -2.12. The van der Waals surface area contributed by atoms with E-state index in [9.17, 15) is 9.90 Å². The average Bonchev–Trinajstić information content (AvgIpc) is 2.96. The van der Waals surface area contributed by atoms with Crippen molar-refractivity contribution in [3.63, 3.8) is 0 Å². The van der Waals surface area contributed by atoms with Crippen molar-refractivity contribution in [3.05, 3.63) is 36.5 Å². The van der Waals surface area contributed by atoms with E-state index in [-0.39, 0.29) is 12.4 Å². The number of aromatic nitrogens is 3. The monoisotopic (exact) mass is 299 g/mol. The quantitative estimate of drug-likeness (QED) is 0.714. The van der Waals surface area contributed by atoms with E-state index in [2.05, 4.69) is 19.7 Å². The molecule has 3 rings (SSSR count). The molecule has 0 amide bonds. The molecule has 0 fully saturated rings. The Kier molecular flexibility index (Phi) is 3.61. The van der Waals surface area contributed by atoms with Crippen LogP contribution in [-0.4, -0.2) is 39.7 Å². The fraction of sp³-hybridized carbons (Fsp3) is 0.133. The summed E-state index contributed by atoms with van der Waals surface area (Å²) in [6.07, 6.45) is 1.65. The van der Waals surface area contributed by atoms with Crippen LogP contribution in [0.25, 0.3) is 22.6 Å². The molecule has 0 aliphatic carbocycles. The summed E-state index contributed by atoms with van der Waals surface area (Å²) in [5.74, 6) is 0.361. The number of H-pyrrole nitrogens is 1. The highest BCUT2D eigenvalue weighted by Gasteiger charge is 2.11. The van der Waals surface area contributed by atoms with Gasteiger partial charge in [-0.25, -0.2) is 14.8 Å². The van der Waals surface area contributed by atoms with Crippen molar-refractivity contribution in [1.29, 1.82) is 0 Å². The van der Waals surface area contributed by atoms with E-state index in [4.69, 9.17) is 4.74 Å². The van der Waals surface area contributed by atoms with Crippen LogP contribution in [0, 0.1) is 0 Å². The highest BCUT2D eigenvalue weighted by molar-refractivity contribution is 5.77. The summed E-state index contributed by atoms with van der Waals surface area (Å²) in [6.45, 7) is -0.218. The lowest BCUT2D eigenvalue weighted by Gasteiger charge is -2.07. The van der Waals surface area contributed by atoms with Crippen LogP contribution in [0.1, 0.15) is 0 Å². The van der Waals surface area contributed by atoms with E-state index in [1.165, 1.54) is 13.2 Å². The molecule has 112 valence electrons. The van der Waals surface area contributed by atoms with Crippen LogP contribution in [0.15, 0.2) is 36.5 Å². The number of fused-ring (bicyclic) bond motifs is 1. The van der Waals surface area contributed by atoms with Gasteiger partial charge < -0.3 is 19.6 Å². The number of methoxy groups -OCH3 is 1. The van der Waals surface area contributed by atoms with Crippen molar-refractivity contribution >= 4 is 17.1 Å². The molecule has 0 saturated heterocycles. The number of hydrogen-bond acceptors (Lipinski definition) is 6. The average molecular weight is 299 g/mol. The second kappa shape index (κ2) is 5.72. The molecule has 0 saturated carbocycles. The topological polar surface area (TPSA) is 97.3 Å². The highest BCUT2D eigenvalue weighted by atomic mass is 16.6. The zero-order valence-corrected chi connectivity index (χ0v) is 11.7. The molecule has 0 atom stereocenters. The van der Waals surface area contributed by atoms with Crippen molar-refractivity contribution in [2.45, 2.75) is 0 Å². The van der Waals surface area contributed by atoms with Gasteiger partial charge in [0.25, 0.3) is 0 Å². The number of benzene rings is 1. The molecule has 0 aliphatic heterocycles. The Morgan fingerprint density at radius 1 is 1.36 bits per heavy atom. The van der Waals surface area contributed by atoms with Crippen molar-refractivity contribution in [1.82, 2.24) is 15.0 Å². The number of phenolic OH excluding ortho intramolecular Hbond substituents is 1. The number of hydrogen-bond donors (Lipinski definition) is 2. The summed E-state index contributed by atoms with van der Waals surface area (Å²) < 4.78 is 9.69. The lowest BCUT2D eigenvalue weighted by molar-refractivity contribution is -0.142. The molecule has 3 aromatic rings. The number of phenols is 1. The predicted octanol–water partition coefficient (Wildman–Crippen LogP) is 1.88. The molecule has 2 heterocycles. The van der Waals surface area contributed by atoms with Crippen molar-refractivity contribution in [3.8, 4) is 22.9 Å². The van der Waals surface area contributed by atoms with Gasteiger partial charge in [-0.1, -0.05) is 0 Å². The van der Waals surface area contributed by atoms with Crippen LogP contribution in [0.4, 0.5) is 0 Å². The van der Waals surface area contributed by atoms with Gasteiger partial charge in [-0.3, -0.25) is 0 Å². The molecular weight excluding hydrogens is 286 g/mol. The van der Waals surface area contributed by atoms with E-state index in [0.29, 0.717) is 22.8 Å². The number of rotatable bonds is 4. The van der Waals surface area contributed by atoms with Crippen molar-refractivity contribution in [2.75, 3.05) is 13.7 Å². The van der Waals surface area contributed by atoms with Gasteiger partial charge in [0.1, 0.15) is 17.3 Å². The van der Waals surface area contributed by atoms with E-state index in [0.717, 1.165) is 5.52 Å². The van der Waals surface area contributed by atoms with Crippen molar-refractivity contribution in [2.24, 2.45) is 0 Å². The third-order valence-corrected chi connectivity index (χ3v) is 3.07.